The zero-order chi connectivity index (χ0) is 45.3. The number of hydrogen-bond acceptors (Lipinski definition) is 12. The van der Waals surface area contributed by atoms with Crippen LogP contribution < -0.4 is 20.1 Å². The molecule has 3 N–H and O–H groups in total. The van der Waals surface area contributed by atoms with Gasteiger partial charge >= 0.3 is 6.09 Å². The summed E-state index contributed by atoms with van der Waals surface area (Å²) < 4.78 is 40.0. The molecule has 2 amide bonds. The van der Waals surface area contributed by atoms with Crippen LogP contribution in [0.3, 0.4) is 0 Å². The number of likely N-dealkylation sites (N-methyl/N-ethyl adjacent to an activating group) is 2. The highest BCUT2D eigenvalue weighted by molar-refractivity contribution is 7.99. The van der Waals surface area contributed by atoms with Crippen LogP contribution in [0.4, 0.5) is 16.2 Å². The lowest BCUT2D eigenvalue weighted by Crippen LogP contribution is -2.34. The van der Waals surface area contributed by atoms with Gasteiger partial charge in [-0.25, -0.2) is 17.9 Å². The van der Waals surface area contributed by atoms with Gasteiger partial charge in [-0.1, -0.05) is 56.3 Å². The number of sulfonamides is 1. The summed E-state index contributed by atoms with van der Waals surface area (Å²) in [6.07, 6.45) is 2.29. The number of thioether (sulfide) groups is 1. The Morgan fingerprint density at radius 1 is 0.903 bits per heavy atom. The van der Waals surface area contributed by atoms with Gasteiger partial charge in [0.2, 0.25) is 0 Å². The summed E-state index contributed by atoms with van der Waals surface area (Å²) in [5, 5.41) is 18.3. The Morgan fingerprint density at radius 3 is 2.26 bits per heavy atom. The number of nitro benzene ring substituents is 1. The molecular weight excluding hydrogens is 829 g/mol. The quantitative estimate of drug-likeness (QED) is 0.0266. The topological polar surface area (TPSA) is 172 Å². The fraction of sp³-hybridized carbons (Fsp3) is 0.435. The van der Waals surface area contributed by atoms with Crippen LogP contribution in [-0.4, -0.2) is 106 Å². The van der Waals surface area contributed by atoms with Gasteiger partial charge in [-0.2, -0.15) is 0 Å². The van der Waals surface area contributed by atoms with E-state index in [0.717, 1.165) is 66.8 Å². The van der Waals surface area contributed by atoms with Crippen molar-refractivity contribution in [2.24, 2.45) is 0 Å². The molecule has 4 rings (SSSR count). The highest BCUT2D eigenvalue weighted by Crippen LogP contribution is 2.33. The summed E-state index contributed by atoms with van der Waals surface area (Å²) in [7, 11) is -0.765. The Bertz CT molecular complexity index is 2180. The molecule has 16 heteroatoms. The minimum atomic E-state index is -4.50. The van der Waals surface area contributed by atoms with E-state index in [0.29, 0.717) is 37.3 Å². The molecule has 14 nitrogen and oxygen atoms in total. The van der Waals surface area contributed by atoms with Crippen molar-refractivity contribution in [3.8, 4) is 16.9 Å². The zero-order valence-corrected chi connectivity index (χ0v) is 38.6. The van der Waals surface area contributed by atoms with E-state index in [-0.39, 0.29) is 17.3 Å². The van der Waals surface area contributed by atoms with Gasteiger partial charge in [0.25, 0.3) is 21.6 Å². The monoisotopic (exact) mass is 890 g/mol. The van der Waals surface area contributed by atoms with Gasteiger partial charge in [0.1, 0.15) is 17.0 Å². The molecule has 0 saturated heterocycles. The van der Waals surface area contributed by atoms with Crippen LogP contribution in [0.15, 0.2) is 101 Å². The highest BCUT2D eigenvalue weighted by atomic mass is 32.2. The largest absolute Gasteiger partial charge is 0.496 e. The average molecular weight is 891 g/mol. The van der Waals surface area contributed by atoms with Gasteiger partial charge in [-0.05, 0) is 120 Å². The van der Waals surface area contributed by atoms with E-state index in [1.165, 1.54) is 24.3 Å². The lowest BCUT2D eigenvalue weighted by atomic mass is 10.00. The first-order valence-electron chi connectivity index (χ1n) is 21.0. The second-order valence-electron chi connectivity index (χ2n) is 16.0. The Balaban J connectivity index is 1.41. The molecule has 0 heterocycles. The van der Waals surface area contributed by atoms with Gasteiger partial charge in [-0.3, -0.25) is 14.9 Å². The molecule has 0 aromatic heterocycles. The number of ether oxygens (including phenoxy) is 2. The third-order valence-electron chi connectivity index (χ3n) is 10.1. The number of hydrogen-bond donors (Lipinski definition) is 3. The van der Waals surface area contributed by atoms with Crippen molar-refractivity contribution in [2.75, 3.05) is 64.5 Å². The Hall–Kier alpha value is -5.16. The number of rotatable bonds is 24. The van der Waals surface area contributed by atoms with Crippen LogP contribution in [0.1, 0.15) is 69.8 Å². The number of anilines is 1. The summed E-state index contributed by atoms with van der Waals surface area (Å²) in [5.74, 6) is 0.359. The first-order chi connectivity index (χ1) is 29.5. The molecule has 0 saturated carbocycles. The number of amides is 2. The molecule has 0 aliphatic carbocycles. The normalized spacial score (nSPS) is 12.2. The van der Waals surface area contributed by atoms with Gasteiger partial charge in [0, 0.05) is 60.1 Å². The molecule has 1 atom stereocenters. The Kier molecular flexibility index (Phi) is 19.1. The van der Waals surface area contributed by atoms with E-state index in [4.69, 9.17) is 9.47 Å². The standard InChI is InChI=1S/C46H62N6O8S2/c1-8-51(9-2)30-29-50(6)28-26-34-18-24-40(43(31-34)59-7)35-19-21-36(22-20-35)44(53)49-62(57,58)39-23-25-41(42(32-39)52(55)56)48-37(33-61-38-16-11-10-12-17-38)15-13-14-27-47-45(54)60-46(3,4)5/h10-12,16-25,31-32,37,48H,8-9,13-15,26-30,33H2,1-7H3,(H,47,54)(H,49,53)/t37-/m1/s1. The second-order valence-corrected chi connectivity index (χ2v) is 18.7. The third kappa shape index (κ3) is 15.9. The maximum absolute atomic E-state index is 13.5. The fourth-order valence-corrected chi connectivity index (χ4v) is 8.54. The average Bonchev–Trinajstić information content (AvgIpc) is 3.24. The lowest BCUT2D eigenvalue weighted by molar-refractivity contribution is -0.384. The van der Waals surface area contributed by atoms with Gasteiger partial charge in [0.15, 0.2) is 0 Å². The predicted molar refractivity (Wildman–Crippen MR) is 248 cm³/mol. The number of alkyl carbamates (subject to hydrolysis) is 1. The van der Waals surface area contributed by atoms with Crippen molar-refractivity contribution in [1.82, 2.24) is 19.8 Å². The van der Waals surface area contributed by atoms with E-state index in [9.17, 15) is 28.1 Å². The number of carbonyl (C=O) groups excluding carboxylic acids is 2. The molecule has 0 aliphatic rings. The summed E-state index contributed by atoms with van der Waals surface area (Å²) in [6, 6.07) is 25.5. The number of nitrogens with zero attached hydrogens (tertiary/aromatic N) is 3. The first-order valence-corrected chi connectivity index (χ1v) is 23.4. The van der Waals surface area contributed by atoms with Crippen molar-refractivity contribution in [1.29, 1.82) is 0 Å². The molecule has 62 heavy (non-hydrogen) atoms. The van der Waals surface area contributed by atoms with E-state index >= 15 is 0 Å². The molecule has 336 valence electrons. The molecular formula is C46H62N6O8S2. The summed E-state index contributed by atoms with van der Waals surface area (Å²) in [5.41, 5.74) is 1.91. The van der Waals surface area contributed by atoms with Gasteiger partial charge < -0.3 is 29.9 Å². The van der Waals surface area contributed by atoms with E-state index < -0.39 is 43.1 Å². The molecule has 4 aromatic carbocycles. The molecule has 4 aromatic rings. The predicted octanol–water partition coefficient (Wildman–Crippen LogP) is 8.47. The minimum absolute atomic E-state index is 0.0912. The van der Waals surface area contributed by atoms with E-state index in [2.05, 4.69) is 52.1 Å². The van der Waals surface area contributed by atoms with Crippen molar-refractivity contribution >= 4 is 45.2 Å². The molecule has 0 aliphatic heterocycles. The number of nitrogens with one attached hydrogen (secondary N) is 3. The van der Waals surface area contributed by atoms with Crippen molar-refractivity contribution in [2.45, 2.75) is 81.7 Å². The minimum Gasteiger partial charge on any atom is -0.496 e. The molecule has 0 spiro atoms. The van der Waals surface area contributed by atoms with Gasteiger partial charge in [-0.15, -0.1) is 11.8 Å². The number of nitro groups is 1. The third-order valence-corrected chi connectivity index (χ3v) is 12.6. The first kappa shape index (κ1) is 49.5. The fourth-order valence-electron chi connectivity index (χ4n) is 6.56. The van der Waals surface area contributed by atoms with Crippen LogP contribution in [0.25, 0.3) is 11.1 Å². The van der Waals surface area contributed by atoms with Crippen LogP contribution in [0, 0.1) is 10.1 Å². The number of benzene rings is 4. The second kappa shape index (κ2) is 23.9. The molecule has 0 radical (unpaired) electrons. The number of methoxy groups -OCH3 is 1. The number of unbranched alkanes of at least 4 members (excludes halogenated alkanes) is 1. The van der Waals surface area contributed by atoms with Gasteiger partial charge in [0.05, 0.1) is 16.9 Å². The SMILES string of the molecule is CCN(CC)CCN(C)CCc1ccc(-c2ccc(C(=O)NS(=O)(=O)c3ccc(N[C@H](CCCCNC(=O)OC(C)(C)C)CSc4ccccc4)c([N+](=O)[O-])c3)cc2)c(OC)c1. The zero-order valence-electron chi connectivity index (χ0n) is 36.9. The molecule has 0 bridgehead atoms. The lowest BCUT2D eigenvalue weighted by Gasteiger charge is -2.23. The Labute approximate surface area is 371 Å². The smallest absolute Gasteiger partial charge is 0.407 e. The van der Waals surface area contributed by atoms with Crippen LogP contribution in [0.5, 0.6) is 5.75 Å². The maximum Gasteiger partial charge on any atom is 0.407 e. The molecule has 0 unspecified atom stereocenters. The highest BCUT2D eigenvalue weighted by Gasteiger charge is 2.25. The van der Waals surface area contributed by atoms with Crippen molar-refractivity contribution in [3.63, 3.8) is 0 Å². The van der Waals surface area contributed by atoms with E-state index in [1.54, 1.807) is 51.8 Å². The van der Waals surface area contributed by atoms with E-state index in [1.807, 2.05) is 42.5 Å². The summed E-state index contributed by atoms with van der Waals surface area (Å²) in [4.78, 5) is 42.3. The Morgan fingerprint density at radius 2 is 1.61 bits per heavy atom. The van der Waals surface area contributed by atoms with Crippen molar-refractivity contribution < 1.29 is 32.4 Å². The summed E-state index contributed by atoms with van der Waals surface area (Å²) in [6.45, 7) is 15.1. The molecule has 0 fully saturated rings. The summed E-state index contributed by atoms with van der Waals surface area (Å²) >= 11 is 1.58. The van der Waals surface area contributed by atoms with Crippen LogP contribution >= 0.6 is 11.8 Å². The van der Waals surface area contributed by atoms with Crippen LogP contribution in [-0.2, 0) is 21.2 Å². The van der Waals surface area contributed by atoms with Crippen molar-refractivity contribution in [3.05, 3.63) is 112 Å². The van der Waals surface area contributed by atoms with Crippen LogP contribution in [0.2, 0.25) is 0 Å². The number of carbonyl (C=O) groups is 2. The maximum atomic E-state index is 13.5.